The van der Waals surface area contributed by atoms with Crippen molar-refractivity contribution >= 4 is 12.2 Å². The van der Waals surface area contributed by atoms with E-state index in [1.54, 1.807) is 36.4 Å². The van der Waals surface area contributed by atoms with E-state index < -0.39 is 5.91 Å². The van der Waals surface area contributed by atoms with E-state index in [0.717, 1.165) is 11.8 Å². The van der Waals surface area contributed by atoms with Crippen LogP contribution in [0.2, 0.25) is 0 Å². The van der Waals surface area contributed by atoms with Crippen molar-refractivity contribution in [2.24, 2.45) is 5.73 Å². The first-order valence-electron chi connectivity index (χ1n) is 5.73. The van der Waals surface area contributed by atoms with Gasteiger partial charge in [0.05, 0.1) is 0 Å². The lowest BCUT2D eigenvalue weighted by molar-refractivity contribution is 0.1000. The summed E-state index contributed by atoms with van der Waals surface area (Å²) in [5.74, 6) is 0.707. The summed E-state index contributed by atoms with van der Waals surface area (Å²) >= 11 is 0. The number of nitrogens with two attached hydrogens (primary N) is 1. The zero-order valence-electron chi connectivity index (χ0n) is 10.4. The van der Waals surface area contributed by atoms with Gasteiger partial charge in [-0.25, -0.2) is 0 Å². The lowest BCUT2D eigenvalue weighted by Crippen LogP contribution is -2.10. The van der Waals surface area contributed by atoms with E-state index in [2.05, 4.69) is 0 Å². The van der Waals surface area contributed by atoms with Crippen molar-refractivity contribution in [3.63, 3.8) is 0 Å². The number of benzene rings is 2. The molecule has 0 unspecified atom stereocenters. The first-order valence-corrected chi connectivity index (χ1v) is 5.73. The van der Waals surface area contributed by atoms with Gasteiger partial charge in [-0.2, -0.15) is 0 Å². The molecule has 0 radical (unpaired) electrons. The Morgan fingerprint density at radius 2 is 1.84 bits per heavy atom. The molecule has 0 aliphatic rings. The molecular weight excluding hydrogens is 242 g/mol. The lowest BCUT2D eigenvalue weighted by Gasteiger charge is -2.09. The summed E-state index contributed by atoms with van der Waals surface area (Å²) in [6, 6.07) is 11.7. The molecule has 0 spiro atoms. The Balaban J connectivity index is 2.25. The van der Waals surface area contributed by atoms with Crippen LogP contribution < -0.4 is 10.5 Å². The van der Waals surface area contributed by atoms with Crippen molar-refractivity contribution in [3.8, 4) is 11.5 Å². The molecule has 2 aromatic carbocycles. The molecule has 0 heterocycles. The number of aryl methyl sites for hydroxylation is 1. The number of hydrogen-bond donors (Lipinski definition) is 1. The molecule has 1 amide bonds. The number of carbonyl (C=O) groups is 2. The number of amides is 1. The van der Waals surface area contributed by atoms with E-state index in [-0.39, 0.29) is 0 Å². The highest BCUT2D eigenvalue weighted by Gasteiger charge is 2.04. The number of aldehydes is 1. The molecule has 0 aliphatic carbocycles. The maximum Gasteiger partial charge on any atom is 0.248 e. The molecule has 4 nitrogen and oxygen atoms in total. The fourth-order valence-electron chi connectivity index (χ4n) is 1.61. The van der Waals surface area contributed by atoms with E-state index in [1.807, 2.05) is 13.0 Å². The highest BCUT2D eigenvalue weighted by atomic mass is 16.5. The topological polar surface area (TPSA) is 69.4 Å². The molecule has 0 saturated heterocycles. The minimum Gasteiger partial charge on any atom is -0.457 e. The van der Waals surface area contributed by atoms with Crippen molar-refractivity contribution < 1.29 is 14.3 Å². The van der Waals surface area contributed by atoms with Crippen LogP contribution in [0.5, 0.6) is 11.5 Å². The van der Waals surface area contributed by atoms with Crippen molar-refractivity contribution in [2.45, 2.75) is 6.92 Å². The molecular formula is C15H13NO3. The largest absolute Gasteiger partial charge is 0.457 e. The van der Waals surface area contributed by atoms with Crippen LogP contribution >= 0.6 is 0 Å². The fraction of sp³-hybridized carbons (Fsp3) is 0.0667. The van der Waals surface area contributed by atoms with Crippen molar-refractivity contribution in [2.75, 3.05) is 0 Å². The molecule has 4 heteroatoms. The van der Waals surface area contributed by atoms with Crippen molar-refractivity contribution in [1.82, 2.24) is 0 Å². The second kappa shape index (κ2) is 5.35. The van der Waals surface area contributed by atoms with E-state index >= 15 is 0 Å². The zero-order valence-corrected chi connectivity index (χ0v) is 10.4. The third-order valence-electron chi connectivity index (χ3n) is 2.71. The fourth-order valence-corrected chi connectivity index (χ4v) is 1.61. The van der Waals surface area contributed by atoms with Gasteiger partial charge in [-0.1, -0.05) is 12.1 Å². The van der Waals surface area contributed by atoms with Crippen molar-refractivity contribution in [1.29, 1.82) is 0 Å². The Hall–Kier alpha value is -2.62. The maximum absolute atomic E-state index is 11.0. The minimum absolute atomic E-state index is 0.422. The van der Waals surface area contributed by atoms with Gasteiger partial charge in [0.25, 0.3) is 0 Å². The Morgan fingerprint density at radius 3 is 2.42 bits per heavy atom. The van der Waals surface area contributed by atoms with Gasteiger partial charge in [-0.15, -0.1) is 0 Å². The number of ether oxygens (including phenoxy) is 1. The smallest absolute Gasteiger partial charge is 0.248 e. The summed E-state index contributed by atoms with van der Waals surface area (Å²) in [7, 11) is 0. The summed E-state index contributed by atoms with van der Waals surface area (Å²) in [6.45, 7) is 1.89. The maximum atomic E-state index is 11.0. The molecule has 0 fully saturated rings. The molecule has 19 heavy (non-hydrogen) atoms. The Morgan fingerprint density at radius 1 is 1.16 bits per heavy atom. The van der Waals surface area contributed by atoms with Gasteiger partial charge in [0.15, 0.2) is 0 Å². The summed E-state index contributed by atoms with van der Waals surface area (Å²) in [5.41, 5.74) is 7.05. The van der Waals surface area contributed by atoms with Gasteiger partial charge >= 0.3 is 0 Å². The molecule has 2 rings (SSSR count). The summed E-state index contributed by atoms with van der Waals surface area (Å²) in [5, 5.41) is 0. The predicted octanol–water partition coefficient (Wildman–Crippen LogP) is 2.70. The van der Waals surface area contributed by atoms with Crippen LogP contribution in [-0.2, 0) is 0 Å². The molecule has 2 N–H and O–H groups in total. The summed E-state index contributed by atoms with van der Waals surface area (Å²) in [6.07, 6.45) is 0.766. The van der Waals surface area contributed by atoms with Crippen LogP contribution in [0.25, 0.3) is 0 Å². The predicted molar refractivity (Wildman–Crippen MR) is 71.6 cm³/mol. The monoisotopic (exact) mass is 255 g/mol. The summed E-state index contributed by atoms with van der Waals surface area (Å²) in [4.78, 5) is 21.7. The van der Waals surface area contributed by atoms with Gasteiger partial charge in [-0.3, -0.25) is 9.59 Å². The van der Waals surface area contributed by atoms with Crippen LogP contribution in [0.3, 0.4) is 0 Å². The molecule has 0 atom stereocenters. The second-order valence-corrected chi connectivity index (χ2v) is 4.13. The third kappa shape index (κ3) is 2.98. The molecule has 0 bridgehead atoms. The molecule has 0 aromatic heterocycles. The minimum atomic E-state index is -0.481. The average molecular weight is 255 g/mol. The van der Waals surface area contributed by atoms with Gasteiger partial charge in [0, 0.05) is 11.1 Å². The lowest BCUT2D eigenvalue weighted by atomic mass is 10.1. The van der Waals surface area contributed by atoms with Crippen LogP contribution in [0, 0.1) is 6.92 Å². The first kappa shape index (κ1) is 12.8. The SMILES string of the molecule is Cc1ccc(C=O)cc1Oc1ccc(C(N)=O)cc1. The molecule has 0 saturated carbocycles. The van der Waals surface area contributed by atoms with Gasteiger partial charge in [-0.05, 0) is 42.8 Å². The quantitative estimate of drug-likeness (QED) is 0.854. The van der Waals surface area contributed by atoms with Gasteiger partial charge in [0.1, 0.15) is 17.8 Å². The number of hydrogen-bond acceptors (Lipinski definition) is 3. The Bertz CT molecular complexity index is 618. The Kier molecular flexibility index (Phi) is 3.61. The highest BCUT2D eigenvalue weighted by molar-refractivity contribution is 5.92. The number of rotatable bonds is 4. The Labute approximate surface area is 110 Å². The molecule has 0 aliphatic heterocycles. The normalized spacial score (nSPS) is 9.95. The second-order valence-electron chi connectivity index (χ2n) is 4.13. The van der Waals surface area contributed by atoms with Crippen LogP contribution in [0.15, 0.2) is 42.5 Å². The van der Waals surface area contributed by atoms with E-state index in [0.29, 0.717) is 22.6 Å². The highest BCUT2D eigenvalue weighted by Crippen LogP contribution is 2.25. The van der Waals surface area contributed by atoms with E-state index in [4.69, 9.17) is 10.5 Å². The average Bonchev–Trinajstić information content (AvgIpc) is 2.42. The molecule has 2 aromatic rings. The third-order valence-corrected chi connectivity index (χ3v) is 2.71. The van der Waals surface area contributed by atoms with Crippen molar-refractivity contribution in [3.05, 3.63) is 59.2 Å². The zero-order chi connectivity index (χ0) is 13.8. The number of carbonyl (C=O) groups excluding carboxylic acids is 2. The van der Waals surface area contributed by atoms with E-state index in [1.165, 1.54) is 0 Å². The van der Waals surface area contributed by atoms with Crippen LogP contribution in [-0.4, -0.2) is 12.2 Å². The van der Waals surface area contributed by atoms with Crippen LogP contribution in [0.1, 0.15) is 26.3 Å². The number of primary amides is 1. The van der Waals surface area contributed by atoms with Crippen LogP contribution in [0.4, 0.5) is 0 Å². The van der Waals surface area contributed by atoms with E-state index in [9.17, 15) is 9.59 Å². The van der Waals surface area contributed by atoms with Gasteiger partial charge in [0.2, 0.25) is 5.91 Å². The first-order chi connectivity index (χ1) is 9.10. The molecule has 96 valence electrons. The standard InChI is InChI=1S/C15H13NO3/c1-10-2-3-11(9-17)8-14(10)19-13-6-4-12(5-7-13)15(16)18/h2-9H,1H3,(H2,16,18). The van der Waals surface area contributed by atoms with Gasteiger partial charge < -0.3 is 10.5 Å². The summed E-state index contributed by atoms with van der Waals surface area (Å²) < 4.78 is 5.68.